The van der Waals surface area contributed by atoms with E-state index in [0.29, 0.717) is 0 Å². The topological polar surface area (TPSA) is 36.9 Å². The third-order valence-electron chi connectivity index (χ3n) is 6.36. The van der Waals surface area contributed by atoms with E-state index in [4.69, 9.17) is 16.5 Å². The van der Waals surface area contributed by atoms with Crippen molar-refractivity contribution in [2.75, 3.05) is 0 Å². The van der Waals surface area contributed by atoms with Crippen LogP contribution in [0.3, 0.4) is 0 Å². The lowest BCUT2D eigenvalue weighted by Gasteiger charge is -2.37. The molecule has 0 aliphatic rings. The molecule has 0 heterocycles. The van der Waals surface area contributed by atoms with Gasteiger partial charge in [-0.1, -0.05) is 121 Å². The van der Waals surface area contributed by atoms with Crippen LogP contribution in [0.15, 0.2) is 121 Å². The molecule has 0 bridgehead atoms. The fourth-order valence-corrected chi connectivity index (χ4v) is 20.7. The van der Waals surface area contributed by atoms with Crippen molar-refractivity contribution < 1.29 is 16.5 Å². The van der Waals surface area contributed by atoms with E-state index in [1.54, 1.807) is 0 Å². The van der Waals surface area contributed by atoms with E-state index in [1.165, 1.54) is 20.7 Å². The normalized spacial score (nSPS) is 16.3. The highest BCUT2D eigenvalue weighted by molar-refractivity contribution is 6.88. The molecular weight excluding hydrogens is 541 g/mol. The van der Waals surface area contributed by atoms with Crippen molar-refractivity contribution in [3.63, 3.8) is 0 Å². The maximum Gasteiger partial charge on any atom is 0.637 e. The molecule has 37 heavy (non-hydrogen) atoms. The van der Waals surface area contributed by atoms with Crippen molar-refractivity contribution in [3.8, 4) is 0 Å². The standard InChI is InChI=1S/C28H36O4Si5/c1-33(25-17-9-5-10-18-25)29-37(30-34(2)26-19-11-6-12-20-26,31-35(3)27-21-13-7-14-22-27)32-36(4)28-23-15-8-16-24-28/h5-24,33-36H,1-4H3. The second-order valence-electron chi connectivity index (χ2n) is 9.18. The van der Waals surface area contributed by atoms with Gasteiger partial charge in [0.2, 0.25) is 0 Å². The summed E-state index contributed by atoms with van der Waals surface area (Å²) in [5.41, 5.74) is 0. The van der Waals surface area contributed by atoms with Crippen molar-refractivity contribution in [1.29, 1.82) is 0 Å². The SMILES string of the molecule is C[SiH](O[Si](O[SiH](C)c1ccccc1)(O[SiH](C)c1ccccc1)O[SiH](C)c1ccccc1)c1ccccc1. The van der Waals surface area contributed by atoms with Crippen LogP contribution in [0.5, 0.6) is 0 Å². The van der Waals surface area contributed by atoms with E-state index >= 15 is 0 Å². The minimum Gasteiger partial charge on any atom is -0.394 e. The van der Waals surface area contributed by atoms with E-state index in [9.17, 15) is 0 Å². The zero-order valence-electron chi connectivity index (χ0n) is 22.0. The van der Waals surface area contributed by atoms with E-state index in [0.717, 1.165) is 0 Å². The summed E-state index contributed by atoms with van der Waals surface area (Å²) in [6.45, 7) is 8.80. The molecule has 192 valence electrons. The summed E-state index contributed by atoms with van der Waals surface area (Å²) in [6.07, 6.45) is 0. The maximum atomic E-state index is 7.02. The molecule has 0 aromatic heterocycles. The number of benzene rings is 4. The predicted octanol–water partition coefficient (Wildman–Crippen LogP) is 2.53. The molecule has 9 heteroatoms. The van der Waals surface area contributed by atoms with Crippen LogP contribution in [0.2, 0.25) is 26.2 Å². The molecule has 0 N–H and O–H groups in total. The first-order valence-electron chi connectivity index (χ1n) is 12.9. The van der Waals surface area contributed by atoms with Gasteiger partial charge in [-0.3, -0.25) is 0 Å². The van der Waals surface area contributed by atoms with Crippen molar-refractivity contribution in [1.82, 2.24) is 0 Å². The Morgan fingerprint density at radius 2 is 0.541 bits per heavy atom. The molecule has 0 saturated carbocycles. The van der Waals surface area contributed by atoms with E-state index < -0.39 is 45.2 Å². The van der Waals surface area contributed by atoms with Gasteiger partial charge in [0.25, 0.3) is 0 Å². The second-order valence-corrected chi connectivity index (χ2v) is 21.8. The van der Waals surface area contributed by atoms with Gasteiger partial charge in [-0.25, -0.2) is 0 Å². The van der Waals surface area contributed by atoms with Crippen LogP contribution in [0.25, 0.3) is 0 Å². The highest BCUT2D eigenvalue weighted by atomic mass is 28.5. The van der Waals surface area contributed by atoms with E-state index in [-0.39, 0.29) is 0 Å². The lowest BCUT2D eigenvalue weighted by atomic mass is 10.4. The van der Waals surface area contributed by atoms with Gasteiger partial charge in [-0.15, -0.1) is 0 Å². The molecule has 0 fully saturated rings. The van der Waals surface area contributed by atoms with Crippen LogP contribution in [0.1, 0.15) is 0 Å². The van der Waals surface area contributed by atoms with Crippen molar-refractivity contribution in [2.45, 2.75) is 26.2 Å². The Morgan fingerprint density at radius 1 is 0.351 bits per heavy atom. The predicted molar refractivity (Wildman–Crippen MR) is 166 cm³/mol. The summed E-state index contributed by atoms with van der Waals surface area (Å²) < 4.78 is 28.1. The monoisotopic (exact) mass is 576 g/mol. The first kappa shape index (κ1) is 27.8. The zero-order valence-corrected chi connectivity index (χ0v) is 27.6. The van der Waals surface area contributed by atoms with Crippen molar-refractivity contribution >= 4 is 66.0 Å². The maximum absolute atomic E-state index is 7.02. The zero-order chi connectivity index (χ0) is 26.1. The summed E-state index contributed by atoms with van der Waals surface area (Å²) in [7, 11) is -11.1. The highest BCUT2D eigenvalue weighted by Gasteiger charge is 2.50. The molecule has 4 atom stereocenters. The number of rotatable bonds is 12. The van der Waals surface area contributed by atoms with Crippen molar-refractivity contribution in [2.24, 2.45) is 0 Å². The summed E-state index contributed by atoms with van der Waals surface area (Å²) >= 11 is 0. The summed E-state index contributed by atoms with van der Waals surface area (Å²) in [6, 6.07) is 41.8. The van der Waals surface area contributed by atoms with Gasteiger partial charge in [0.1, 0.15) is 0 Å². The van der Waals surface area contributed by atoms with Gasteiger partial charge in [0.15, 0.2) is 36.2 Å². The Kier molecular flexibility index (Phi) is 10.2. The van der Waals surface area contributed by atoms with E-state index in [1.807, 2.05) is 24.3 Å². The quantitative estimate of drug-likeness (QED) is 0.243. The van der Waals surface area contributed by atoms with Crippen LogP contribution >= 0.6 is 0 Å². The third kappa shape index (κ3) is 7.90. The minimum absolute atomic E-state index is 1.22. The van der Waals surface area contributed by atoms with Crippen LogP contribution in [-0.4, -0.2) is 45.2 Å². The van der Waals surface area contributed by atoms with Gasteiger partial charge in [-0.05, 0) is 46.9 Å². The smallest absolute Gasteiger partial charge is 0.394 e. The highest BCUT2D eigenvalue weighted by Crippen LogP contribution is 2.19. The summed E-state index contributed by atoms with van der Waals surface area (Å²) in [5.74, 6) is 0. The Hall–Kier alpha value is -2.20. The largest absolute Gasteiger partial charge is 0.637 e. The van der Waals surface area contributed by atoms with Crippen LogP contribution in [0.4, 0.5) is 0 Å². The first-order valence-corrected chi connectivity index (χ1v) is 23.3. The lowest BCUT2D eigenvalue weighted by Crippen LogP contribution is -2.63. The van der Waals surface area contributed by atoms with Gasteiger partial charge in [-0.2, -0.15) is 0 Å². The van der Waals surface area contributed by atoms with Gasteiger partial charge in [0.05, 0.1) is 0 Å². The average molecular weight is 577 g/mol. The first-order chi connectivity index (χ1) is 18.0. The van der Waals surface area contributed by atoms with E-state index in [2.05, 4.69) is 123 Å². The molecule has 4 aromatic rings. The molecule has 4 unspecified atom stereocenters. The fraction of sp³-hybridized carbons (Fsp3) is 0.143. The molecule has 0 spiro atoms. The number of hydrogen-bond donors (Lipinski definition) is 0. The molecule has 0 radical (unpaired) electrons. The van der Waals surface area contributed by atoms with Gasteiger partial charge >= 0.3 is 9.05 Å². The average Bonchev–Trinajstić information content (AvgIpc) is 2.94. The number of hydrogen-bond acceptors (Lipinski definition) is 4. The fourth-order valence-electron chi connectivity index (χ4n) is 4.20. The summed E-state index contributed by atoms with van der Waals surface area (Å²) in [5, 5.41) is 4.86. The summed E-state index contributed by atoms with van der Waals surface area (Å²) in [4.78, 5) is 0. The lowest BCUT2D eigenvalue weighted by molar-refractivity contribution is 0.168. The molecule has 4 nitrogen and oxygen atoms in total. The van der Waals surface area contributed by atoms with Gasteiger partial charge < -0.3 is 16.5 Å². The van der Waals surface area contributed by atoms with Crippen LogP contribution in [-0.2, 0) is 16.5 Å². The minimum atomic E-state index is -3.53. The second kappa shape index (κ2) is 13.6. The Balaban J connectivity index is 1.72. The Bertz CT molecular complexity index is 1010. The van der Waals surface area contributed by atoms with Gasteiger partial charge in [0, 0.05) is 0 Å². The Labute approximate surface area is 229 Å². The van der Waals surface area contributed by atoms with Crippen molar-refractivity contribution in [3.05, 3.63) is 121 Å². The molecule has 0 aliphatic carbocycles. The third-order valence-corrected chi connectivity index (χ3v) is 21.9. The molecule has 0 aliphatic heterocycles. The molecule has 0 saturated heterocycles. The molecule has 4 aromatic carbocycles. The molecular formula is C28H36O4Si5. The molecule has 4 rings (SSSR count). The van der Waals surface area contributed by atoms with Crippen LogP contribution in [0, 0.1) is 0 Å². The Morgan fingerprint density at radius 3 is 0.730 bits per heavy atom. The van der Waals surface area contributed by atoms with Crippen LogP contribution < -0.4 is 20.7 Å². The molecule has 0 amide bonds.